The third-order valence-corrected chi connectivity index (χ3v) is 1.16. The molecule has 10 heavy (non-hydrogen) atoms. The molecule has 0 N–H and O–H groups in total. The summed E-state index contributed by atoms with van der Waals surface area (Å²) in [5.41, 5.74) is 0.270. The Kier molecular flexibility index (Phi) is 3.45. The SMILES string of the molecule is C=C(C#N)C(=CC)C(=O)Cl. The average Bonchev–Trinajstić information content (AvgIpc) is 1.88. The second-order valence-electron chi connectivity index (χ2n) is 1.57. The number of hydrogen-bond donors (Lipinski definition) is 0. The Bertz CT molecular complexity index is 234. The van der Waals surface area contributed by atoms with E-state index in [9.17, 15) is 4.79 Å². The molecule has 0 spiro atoms. The molecular formula is C7H6ClNO. The number of carbonyl (C=O) groups is 1. The molecule has 0 aliphatic carbocycles. The number of allylic oxidation sites excluding steroid dienone is 3. The van der Waals surface area contributed by atoms with E-state index in [-0.39, 0.29) is 11.1 Å². The van der Waals surface area contributed by atoms with Gasteiger partial charge in [-0.2, -0.15) is 5.26 Å². The van der Waals surface area contributed by atoms with Crippen LogP contribution in [-0.2, 0) is 4.79 Å². The number of carbonyl (C=O) groups excluding carboxylic acids is 1. The van der Waals surface area contributed by atoms with E-state index in [4.69, 9.17) is 16.9 Å². The maximum Gasteiger partial charge on any atom is 0.253 e. The highest BCUT2D eigenvalue weighted by molar-refractivity contribution is 6.68. The minimum atomic E-state index is -0.644. The molecule has 0 aliphatic rings. The van der Waals surface area contributed by atoms with Crippen LogP contribution in [0.25, 0.3) is 0 Å². The summed E-state index contributed by atoms with van der Waals surface area (Å²) >= 11 is 5.10. The van der Waals surface area contributed by atoms with Crippen molar-refractivity contribution < 1.29 is 4.79 Å². The van der Waals surface area contributed by atoms with Gasteiger partial charge < -0.3 is 0 Å². The van der Waals surface area contributed by atoms with Gasteiger partial charge in [0.05, 0.1) is 11.6 Å². The molecule has 0 rings (SSSR count). The van der Waals surface area contributed by atoms with E-state index < -0.39 is 5.24 Å². The molecule has 0 heterocycles. The summed E-state index contributed by atoms with van der Waals surface area (Å²) in [5, 5.41) is 7.64. The fourth-order valence-corrected chi connectivity index (χ4v) is 0.690. The predicted molar refractivity (Wildman–Crippen MR) is 39.4 cm³/mol. The molecule has 0 aliphatic heterocycles. The first-order chi connectivity index (χ1) is 4.63. The van der Waals surface area contributed by atoms with Crippen molar-refractivity contribution in [1.82, 2.24) is 0 Å². The zero-order chi connectivity index (χ0) is 8.15. The number of hydrogen-bond acceptors (Lipinski definition) is 2. The van der Waals surface area contributed by atoms with Crippen LogP contribution in [0, 0.1) is 11.3 Å². The summed E-state index contributed by atoms with van der Waals surface area (Å²) in [6, 6.07) is 1.73. The number of rotatable bonds is 2. The normalized spacial score (nSPS) is 10.3. The highest BCUT2D eigenvalue weighted by Gasteiger charge is 2.07. The van der Waals surface area contributed by atoms with Gasteiger partial charge in [-0.25, -0.2) is 0 Å². The van der Waals surface area contributed by atoms with Crippen LogP contribution in [-0.4, -0.2) is 5.24 Å². The molecule has 0 atom stereocenters. The minimum absolute atomic E-state index is 0.0995. The van der Waals surface area contributed by atoms with Crippen molar-refractivity contribution in [2.75, 3.05) is 0 Å². The van der Waals surface area contributed by atoms with E-state index in [0.717, 1.165) is 0 Å². The van der Waals surface area contributed by atoms with Crippen LogP contribution in [0.3, 0.4) is 0 Å². The first kappa shape index (κ1) is 8.93. The number of halogens is 1. The molecular weight excluding hydrogens is 150 g/mol. The molecule has 0 aromatic heterocycles. The molecule has 3 heteroatoms. The maximum absolute atomic E-state index is 10.5. The second-order valence-corrected chi connectivity index (χ2v) is 1.91. The third-order valence-electron chi connectivity index (χ3n) is 0.961. The molecule has 0 aromatic carbocycles. The lowest BCUT2D eigenvalue weighted by Gasteiger charge is -1.93. The Morgan fingerprint density at radius 1 is 1.80 bits per heavy atom. The lowest BCUT2D eigenvalue weighted by atomic mass is 10.1. The van der Waals surface area contributed by atoms with Gasteiger partial charge in [-0.1, -0.05) is 12.7 Å². The van der Waals surface area contributed by atoms with Crippen molar-refractivity contribution in [3.8, 4) is 6.07 Å². The highest BCUT2D eigenvalue weighted by atomic mass is 35.5. The van der Waals surface area contributed by atoms with E-state index in [2.05, 4.69) is 6.58 Å². The standard InChI is InChI=1S/C7H6ClNO/c1-3-6(7(8)10)5(2)4-9/h3H,2H2,1H3. The zero-order valence-corrected chi connectivity index (χ0v) is 6.27. The van der Waals surface area contributed by atoms with Crippen molar-refractivity contribution in [2.45, 2.75) is 6.92 Å². The fraction of sp³-hybridized carbons (Fsp3) is 0.143. The van der Waals surface area contributed by atoms with Crippen molar-refractivity contribution in [1.29, 1.82) is 5.26 Å². The molecule has 0 bridgehead atoms. The number of nitriles is 1. The van der Waals surface area contributed by atoms with Crippen LogP contribution in [0.4, 0.5) is 0 Å². The number of nitrogens with zero attached hydrogens (tertiary/aromatic N) is 1. The van der Waals surface area contributed by atoms with Crippen LogP contribution in [0.2, 0.25) is 0 Å². The third kappa shape index (κ3) is 2.04. The second kappa shape index (κ2) is 3.86. The van der Waals surface area contributed by atoms with Gasteiger partial charge >= 0.3 is 0 Å². The van der Waals surface area contributed by atoms with E-state index in [1.807, 2.05) is 0 Å². The molecule has 0 amide bonds. The quantitative estimate of drug-likeness (QED) is 0.264. The molecule has 0 fully saturated rings. The molecule has 52 valence electrons. The lowest BCUT2D eigenvalue weighted by molar-refractivity contribution is -0.108. The molecule has 0 saturated heterocycles. The first-order valence-electron chi connectivity index (χ1n) is 2.59. The molecule has 2 nitrogen and oxygen atoms in total. The summed E-state index contributed by atoms with van der Waals surface area (Å²) in [6.45, 7) is 4.95. The zero-order valence-electron chi connectivity index (χ0n) is 5.52. The first-order valence-corrected chi connectivity index (χ1v) is 2.96. The molecule has 0 unspecified atom stereocenters. The van der Waals surface area contributed by atoms with E-state index in [0.29, 0.717) is 0 Å². The smallest absolute Gasteiger partial charge is 0.253 e. The van der Waals surface area contributed by atoms with Crippen LogP contribution >= 0.6 is 11.6 Å². The van der Waals surface area contributed by atoms with E-state index in [1.165, 1.54) is 6.08 Å². The van der Waals surface area contributed by atoms with Gasteiger partial charge in [0.2, 0.25) is 0 Å². The highest BCUT2D eigenvalue weighted by Crippen LogP contribution is 2.09. The predicted octanol–water partition coefficient (Wildman–Crippen LogP) is 1.78. The Balaban J connectivity index is 4.60. The van der Waals surface area contributed by atoms with Gasteiger partial charge in [0, 0.05) is 5.57 Å². The summed E-state index contributed by atoms with van der Waals surface area (Å²) in [6.07, 6.45) is 1.46. The van der Waals surface area contributed by atoms with E-state index >= 15 is 0 Å². The van der Waals surface area contributed by atoms with Crippen LogP contribution < -0.4 is 0 Å². The molecule has 0 radical (unpaired) electrons. The van der Waals surface area contributed by atoms with Crippen LogP contribution in [0.1, 0.15) is 6.92 Å². The van der Waals surface area contributed by atoms with Crippen LogP contribution in [0.5, 0.6) is 0 Å². The topological polar surface area (TPSA) is 40.9 Å². The van der Waals surface area contributed by atoms with Gasteiger partial charge in [-0.05, 0) is 18.5 Å². The van der Waals surface area contributed by atoms with Gasteiger partial charge in [0.25, 0.3) is 5.24 Å². The Hall–Kier alpha value is -1.07. The van der Waals surface area contributed by atoms with E-state index in [1.54, 1.807) is 13.0 Å². The summed E-state index contributed by atoms with van der Waals surface area (Å²) in [7, 11) is 0. The van der Waals surface area contributed by atoms with Gasteiger partial charge in [0.15, 0.2) is 0 Å². The molecule has 0 saturated carbocycles. The summed E-state index contributed by atoms with van der Waals surface area (Å²) in [5.74, 6) is 0. The van der Waals surface area contributed by atoms with Crippen molar-refractivity contribution in [2.24, 2.45) is 0 Å². The lowest BCUT2D eigenvalue weighted by Crippen LogP contribution is -1.93. The Labute approximate surface area is 64.4 Å². The average molecular weight is 156 g/mol. The monoisotopic (exact) mass is 155 g/mol. The molecule has 0 aromatic rings. The maximum atomic E-state index is 10.5. The minimum Gasteiger partial charge on any atom is -0.276 e. The van der Waals surface area contributed by atoms with Crippen molar-refractivity contribution >= 4 is 16.8 Å². The summed E-state index contributed by atoms with van der Waals surface area (Å²) < 4.78 is 0. The van der Waals surface area contributed by atoms with Crippen LogP contribution in [0.15, 0.2) is 23.8 Å². The Morgan fingerprint density at radius 2 is 2.30 bits per heavy atom. The van der Waals surface area contributed by atoms with Crippen molar-refractivity contribution in [3.05, 3.63) is 23.8 Å². The largest absolute Gasteiger partial charge is 0.276 e. The van der Waals surface area contributed by atoms with Gasteiger partial charge in [-0.3, -0.25) is 4.79 Å². The fourth-order valence-electron chi connectivity index (χ4n) is 0.467. The Morgan fingerprint density at radius 3 is 2.40 bits per heavy atom. The van der Waals surface area contributed by atoms with Gasteiger partial charge in [0.1, 0.15) is 0 Å². The summed E-state index contributed by atoms with van der Waals surface area (Å²) in [4.78, 5) is 10.5. The van der Waals surface area contributed by atoms with Crippen molar-refractivity contribution in [3.63, 3.8) is 0 Å². The van der Waals surface area contributed by atoms with Gasteiger partial charge in [-0.15, -0.1) is 0 Å².